The standard InChI is InChI=1S/C9H9NO2.H2/c1-6-2-3-8-7(4-6)10-9(11)5-12-8;/h2-4H,5H2,1H3,(H,10,11);1H. The Morgan fingerprint density at radius 3 is 3.25 bits per heavy atom. The van der Waals surface area contributed by atoms with Gasteiger partial charge in [0.1, 0.15) is 5.75 Å². The summed E-state index contributed by atoms with van der Waals surface area (Å²) in [5.74, 6) is 0.660. The molecule has 0 aromatic heterocycles. The van der Waals surface area contributed by atoms with Crippen molar-refractivity contribution in [2.24, 2.45) is 0 Å². The van der Waals surface area contributed by atoms with Crippen LogP contribution in [0.2, 0.25) is 0 Å². The number of ether oxygens (including phenoxy) is 1. The highest BCUT2D eigenvalue weighted by Gasteiger charge is 2.14. The SMILES string of the molecule is Cc1ccc2c(c1)NC(=O)CO2.[HH]. The van der Waals surface area contributed by atoms with Gasteiger partial charge in [-0.2, -0.15) is 0 Å². The van der Waals surface area contributed by atoms with Gasteiger partial charge in [-0.05, 0) is 24.6 Å². The summed E-state index contributed by atoms with van der Waals surface area (Å²) >= 11 is 0. The number of benzene rings is 1. The molecule has 2 rings (SSSR count). The number of hydrogen-bond acceptors (Lipinski definition) is 2. The Balaban J connectivity index is 0.000000845. The van der Waals surface area contributed by atoms with Crippen molar-refractivity contribution in [1.82, 2.24) is 0 Å². The van der Waals surface area contributed by atoms with Crippen molar-refractivity contribution in [1.29, 1.82) is 0 Å². The molecule has 1 aliphatic rings. The quantitative estimate of drug-likeness (QED) is 0.633. The van der Waals surface area contributed by atoms with E-state index in [4.69, 9.17) is 4.74 Å². The van der Waals surface area contributed by atoms with Gasteiger partial charge in [0.25, 0.3) is 5.91 Å². The highest BCUT2D eigenvalue weighted by Crippen LogP contribution is 2.27. The first-order valence-electron chi connectivity index (χ1n) is 3.79. The average molecular weight is 165 g/mol. The van der Waals surface area contributed by atoms with Gasteiger partial charge < -0.3 is 10.1 Å². The highest BCUT2D eigenvalue weighted by molar-refractivity contribution is 5.95. The third kappa shape index (κ3) is 1.13. The van der Waals surface area contributed by atoms with Crippen molar-refractivity contribution in [3.05, 3.63) is 23.8 Å². The zero-order chi connectivity index (χ0) is 8.55. The molecule has 1 aromatic rings. The van der Waals surface area contributed by atoms with E-state index in [2.05, 4.69) is 5.32 Å². The number of rotatable bonds is 0. The van der Waals surface area contributed by atoms with Crippen LogP contribution in [0.5, 0.6) is 5.75 Å². The number of hydrogen-bond donors (Lipinski definition) is 1. The first-order chi connectivity index (χ1) is 5.75. The zero-order valence-corrected chi connectivity index (χ0v) is 6.76. The molecule has 0 radical (unpaired) electrons. The maximum absolute atomic E-state index is 10.9. The fourth-order valence-electron chi connectivity index (χ4n) is 1.20. The number of carbonyl (C=O) groups is 1. The Hall–Kier alpha value is -1.51. The van der Waals surface area contributed by atoms with Gasteiger partial charge in [0.15, 0.2) is 6.61 Å². The molecule has 12 heavy (non-hydrogen) atoms. The molecule has 0 fully saturated rings. The molecule has 3 heteroatoms. The summed E-state index contributed by atoms with van der Waals surface area (Å²) in [6, 6.07) is 5.72. The maximum Gasteiger partial charge on any atom is 0.262 e. The van der Waals surface area contributed by atoms with E-state index < -0.39 is 0 Å². The molecule has 0 aliphatic carbocycles. The topological polar surface area (TPSA) is 38.3 Å². The lowest BCUT2D eigenvalue weighted by molar-refractivity contribution is -0.118. The summed E-state index contributed by atoms with van der Waals surface area (Å²) < 4.78 is 5.18. The first-order valence-corrected chi connectivity index (χ1v) is 3.79. The van der Waals surface area contributed by atoms with Gasteiger partial charge in [0.05, 0.1) is 5.69 Å². The van der Waals surface area contributed by atoms with Crippen molar-refractivity contribution in [3.8, 4) is 5.75 Å². The average Bonchev–Trinajstić information content (AvgIpc) is 2.03. The van der Waals surface area contributed by atoms with Crippen LogP contribution in [0.4, 0.5) is 5.69 Å². The predicted molar refractivity (Wildman–Crippen MR) is 47.4 cm³/mol. The smallest absolute Gasteiger partial charge is 0.262 e. The van der Waals surface area contributed by atoms with Gasteiger partial charge in [0.2, 0.25) is 0 Å². The Bertz CT molecular complexity index is 338. The van der Waals surface area contributed by atoms with E-state index in [1.54, 1.807) is 0 Å². The molecular weight excluding hydrogens is 154 g/mol. The third-order valence-electron chi connectivity index (χ3n) is 1.77. The van der Waals surface area contributed by atoms with E-state index in [9.17, 15) is 4.79 Å². The lowest BCUT2D eigenvalue weighted by Crippen LogP contribution is -2.25. The van der Waals surface area contributed by atoms with Crippen LogP contribution in [0.15, 0.2) is 18.2 Å². The van der Waals surface area contributed by atoms with Gasteiger partial charge in [-0.1, -0.05) is 6.07 Å². The van der Waals surface area contributed by atoms with Crippen LogP contribution in [0, 0.1) is 6.92 Å². The molecule has 0 atom stereocenters. The zero-order valence-electron chi connectivity index (χ0n) is 6.76. The van der Waals surface area contributed by atoms with Crippen molar-refractivity contribution in [2.75, 3.05) is 11.9 Å². The van der Waals surface area contributed by atoms with Crippen LogP contribution in [0.25, 0.3) is 0 Å². The number of anilines is 1. The van der Waals surface area contributed by atoms with Gasteiger partial charge in [-0.15, -0.1) is 0 Å². The van der Waals surface area contributed by atoms with Crippen molar-refractivity contribution >= 4 is 11.6 Å². The fourth-order valence-corrected chi connectivity index (χ4v) is 1.20. The summed E-state index contributed by atoms with van der Waals surface area (Å²) in [5.41, 5.74) is 1.88. The van der Waals surface area contributed by atoms with Crippen LogP contribution in [-0.4, -0.2) is 12.5 Å². The van der Waals surface area contributed by atoms with E-state index in [0.29, 0.717) is 0 Å². The minimum atomic E-state index is -0.0897. The Kier molecular flexibility index (Phi) is 1.50. The van der Waals surface area contributed by atoms with Crippen LogP contribution >= 0.6 is 0 Å². The monoisotopic (exact) mass is 165 g/mol. The molecule has 1 amide bonds. The van der Waals surface area contributed by atoms with Crippen LogP contribution < -0.4 is 10.1 Å². The van der Waals surface area contributed by atoms with Crippen molar-refractivity contribution in [2.45, 2.75) is 6.92 Å². The van der Waals surface area contributed by atoms with Gasteiger partial charge in [-0.3, -0.25) is 4.79 Å². The highest BCUT2D eigenvalue weighted by atomic mass is 16.5. The molecular formula is C9H11NO2. The normalized spacial score (nSPS) is 14.6. The van der Waals surface area contributed by atoms with Crippen molar-refractivity contribution < 1.29 is 11.0 Å². The molecule has 3 nitrogen and oxygen atoms in total. The molecule has 1 heterocycles. The third-order valence-corrected chi connectivity index (χ3v) is 1.77. The minimum absolute atomic E-state index is 0. The van der Waals surface area contributed by atoms with Crippen LogP contribution in [0.3, 0.4) is 0 Å². The molecule has 0 spiro atoms. The summed E-state index contributed by atoms with van der Waals surface area (Å²) in [7, 11) is 0. The van der Waals surface area contributed by atoms with Gasteiger partial charge in [0, 0.05) is 1.43 Å². The van der Waals surface area contributed by atoms with E-state index in [0.717, 1.165) is 17.0 Å². The summed E-state index contributed by atoms with van der Waals surface area (Å²) in [6.45, 7) is 2.09. The Morgan fingerprint density at radius 1 is 1.58 bits per heavy atom. The molecule has 0 saturated heterocycles. The Morgan fingerprint density at radius 2 is 2.42 bits per heavy atom. The van der Waals surface area contributed by atoms with E-state index >= 15 is 0 Å². The molecule has 0 unspecified atom stereocenters. The number of nitrogens with one attached hydrogen (secondary N) is 1. The summed E-state index contributed by atoms with van der Waals surface area (Å²) in [5, 5.41) is 2.74. The molecule has 0 bridgehead atoms. The predicted octanol–water partition coefficient (Wildman–Crippen LogP) is 1.57. The fraction of sp³-hybridized carbons (Fsp3) is 0.222. The number of aryl methyl sites for hydroxylation is 1. The lowest BCUT2D eigenvalue weighted by Gasteiger charge is -2.17. The number of carbonyl (C=O) groups excluding carboxylic acids is 1. The van der Waals surface area contributed by atoms with Gasteiger partial charge >= 0.3 is 0 Å². The second-order valence-electron chi connectivity index (χ2n) is 2.84. The minimum Gasteiger partial charge on any atom is -0.482 e. The maximum atomic E-state index is 10.9. The Labute approximate surface area is 71.8 Å². The molecule has 1 aromatic carbocycles. The first kappa shape index (κ1) is 7.16. The van der Waals surface area contributed by atoms with Crippen LogP contribution in [0.1, 0.15) is 6.99 Å². The van der Waals surface area contributed by atoms with Crippen molar-refractivity contribution in [3.63, 3.8) is 0 Å². The second kappa shape index (κ2) is 2.52. The number of amides is 1. The molecule has 64 valence electrons. The van der Waals surface area contributed by atoms with Gasteiger partial charge in [-0.25, -0.2) is 0 Å². The van der Waals surface area contributed by atoms with E-state index in [-0.39, 0.29) is 13.9 Å². The summed E-state index contributed by atoms with van der Waals surface area (Å²) in [4.78, 5) is 10.9. The molecule has 1 aliphatic heterocycles. The van der Waals surface area contributed by atoms with Crippen LogP contribution in [-0.2, 0) is 4.79 Å². The molecule has 0 saturated carbocycles. The largest absolute Gasteiger partial charge is 0.482 e. The van der Waals surface area contributed by atoms with E-state index in [1.165, 1.54) is 0 Å². The summed E-state index contributed by atoms with van der Waals surface area (Å²) in [6.07, 6.45) is 0. The lowest BCUT2D eigenvalue weighted by atomic mass is 10.2. The molecule has 1 N–H and O–H groups in total. The number of fused-ring (bicyclic) bond motifs is 1. The van der Waals surface area contributed by atoms with E-state index in [1.807, 2.05) is 25.1 Å². The second-order valence-corrected chi connectivity index (χ2v) is 2.84.